The van der Waals surface area contributed by atoms with Gasteiger partial charge in [-0.2, -0.15) is 0 Å². The third kappa shape index (κ3) is 3.94. The van der Waals surface area contributed by atoms with Gasteiger partial charge in [0.25, 0.3) is 0 Å². The van der Waals surface area contributed by atoms with Crippen molar-refractivity contribution in [1.82, 2.24) is 5.43 Å². The van der Waals surface area contributed by atoms with Gasteiger partial charge in [-0.15, -0.1) is 11.8 Å². The second kappa shape index (κ2) is 7.18. The molecule has 0 radical (unpaired) electrons. The molecular formula is C13H17ClN2O. The minimum atomic E-state index is 0.0167. The van der Waals surface area contributed by atoms with E-state index in [9.17, 15) is 0 Å². The Kier molecular flexibility index (Phi) is 5.85. The molecule has 1 unspecified atom stereocenters. The third-order valence-electron chi connectivity index (χ3n) is 2.51. The predicted molar refractivity (Wildman–Crippen MR) is 70.8 cm³/mol. The maximum Gasteiger partial charge on any atom is 0.125 e. The minimum Gasteiger partial charge on any atom is -0.496 e. The first-order valence-electron chi connectivity index (χ1n) is 5.42. The summed E-state index contributed by atoms with van der Waals surface area (Å²) in [5.74, 6) is 12.2. The van der Waals surface area contributed by atoms with E-state index >= 15 is 0 Å². The fraction of sp³-hybridized carbons (Fsp3) is 0.385. The lowest BCUT2D eigenvalue weighted by atomic mass is 10.0. The molecule has 1 aromatic carbocycles. The van der Waals surface area contributed by atoms with Crippen LogP contribution in [-0.2, 0) is 0 Å². The van der Waals surface area contributed by atoms with Gasteiger partial charge in [0.1, 0.15) is 5.75 Å². The van der Waals surface area contributed by atoms with Crippen LogP contribution in [-0.4, -0.2) is 7.11 Å². The highest BCUT2D eigenvalue weighted by molar-refractivity contribution is 6.30. The zero-order chi connectivity index (χ0) is 12.7. The highest BCUT2D eigenvalue weighted by Gasteiger charge is 2.14. The van der Waals surface area contributed by atoms with Crippen LogP contribution in [0.2, 0.25) is 5.02 Å². The van der Waals surface area contributed by atoms with E-state index in [1.54, 1.807) is 13.2 Å². The van der Waals surface area contributed by atoms with Gasteiger partial charge in [0, 0.05) is 17.0 Å². The second-order valence-corrected chi connectivity index (χ2v) is 4.01. The quantitative estimate of drug-likeness (QED) is 0.481. The molecule has 0 bridgehead atoms. The fourth-order valence-corrected chi connectivity index (χ4v) is 1.81. The molecule has 92 valence electrons. The summed E-state index contributed by atoms with van der Waals surface area (Å²) >= 11 is 5.92. The Labute approximate surface area is 107 Å². The number of nitrogens with one attached hydrogen (secondary N) is 1. The van der Waals surface area contributed by atoms with Gasteiger partial charge >= 0.3 is 0 Å². The van der Waals surface area contributed by atoms with E-state index in [4.69, 9.17) is 22.2 Å². The van der Waals surface area contributed by atoms with Gasteiger partial charge in [-0.05, 0) is 25.5 Å². The van der Waals surface area contributed by atoms with Crippen molar-refractivity contribution in [2.24, 2.45) is 5.84 Å². The summed E-state index contributed by atoms with van der Waals surface area (Å²) in [6.45, 7) is 1.83. The van der Waals surface area contributed by atoms with Crippen molar-refractivity contribution in [3.63, 3.8) is 0 Å². The SMILES string of the molecule is CC#CCCC(NN)c1ccc(Cl)cc1OC. The number of ether oxygens (including phenoxy) is 1. The van der Waals surface area contributed by atoms with Crippen molar-refractivity contribution >= 4 is 11.6 Å². The van der Waals surface area contributed by atoms with Gasteiger partial charge in [-0.25, -0.2) is 0 Å². The molecule has 17 heavy (non-hydrogen) atoms. The summed E-state index contributed by atoms with van der Waals surface area (Å²) in [6, 6.07) is 5.55. The van der Waals surface area contributed by atoms with Crippen LogP contribution in [0.3, 0.4) is 0 Å². The summed E-state index contributed by atoms with van der Waals surface area (Å²) in [5.41, 5.74) is 3.78. The van der Waals surface area contributed by atoms with Crippen molar-refractivity contribution in [2.45, 2.75) is 25.8 Å². The molecule has 3 nitrogen and oxygen atoms in total. The molecule has 0 aliphatic heterocycles. The average molecular weight is 253 g/mol. The zero-order valence-corrected chi connectivity index (χ0v) is 10.8. The van der Waals surface area contributed by atoms with Crippen molar-refractivity contribution in [2.75, 3.05) is 7.11 Å². The number of benzene rings is 1. The molecule has 1 atom stereocenters. The fourth-order valence-electron chi connectivity index (χ4n) is 1.64. The first kappa shape index (κ1) is 13.9. The molecule has 0 heterocycles. The van der Waals surface area contributed by atoms with Gasteiger partial charge in [0.2, 0.25) is 0 Å². The van der Waals surface area contributed by atoms with E-state index in [-0.39, 0.29) is 6.04 Å². The second-order valence-electron chi connectivity index (χ2n) is 3.57. The number of nitrogens with two attached hydrogens (primary N) is 1. The molecule has 0 aliphatic rings. The van der Waals surface area contributed by atoms with Gasteiger partial charge in [0.15, 0.2) is 0 Å². The Balaban J connectivity index is 2.89. The van der Waals surface area contributed by atoms with Gasteiger partial charge < -0.3 is 4.74 Å². The van der Waals surface area contributed by atoms with Crippen LogP contribution in [0.4, 0.5) is 0 Å². The Bertz CT molecular complexity index is 423. The zero-order valence-electron chi connectivity index (χ0n) is 10.1. The number of hydrazine groups is 1. The van der Waals surface area contributed by atoms with Gasteiger partial charge in [-0.1, -0.05) is 17.7 Å². The molecule has 3 N–H and O–H groups in total. The van der Waals surface area contributed by atoms with Crippen molar-refractivity contribution in [3.8, 4) is 17.6 Å². The molecule has 0 aliphatic carbocycles. The van der Waals surface area contributed by atoms with Crippen LogP contribution in [0, 0.1) is 11.8 Å². The summed E-state index contributed by atoms with van der Waals surface area (Å²) in [6.07, 6.45) is 1.62. The predicted octanol–water partition coefficient (Wildman–Crippen LogP) is 2.66. The number of hydrogen-bond acceptors (Lipinski definition) is 3. The smallest absolute Gasteiger partial charge is 0.125 e. The first-order chi connectivity index (χ1) is 8.22. The largest absolute Gasteiger partial charge is 0.496 e. The molecule has 4 heteroatoms. The van der Waals surface area contributed by atoms with Gasteiger partial charge in [0.05, 0.1) is 13.2 Å². The molecule has 0 saturated heterocycles. The van der Waals surface area contributed by atoms with Crippen LogP contribution in [0.5, 0.6) is 5.75 Å². The summed E-state index contributed by atoms with van der Waals surface area (Å²) in [4.78, 5) is 0. The van der Waals surface area contributed by atoms with E-state index < -0.39 is 0 Å². The first-order valence-corrected chi connectivity index (χ1v) is 5.80. The Morgan fingerprint density at radius 1 is 1.53 bits per heavy atom. The lowest BCUT2D eigenvalue weighted by Gasteiger charge is -2.18. The van der Waals surface area contributed by atoms with Crippen molar-refractivity contribution in [1.29, 1.82) is 0 Å². The number of rotatable bonds is 5. The standard InChI is InChI=1S/C13H17ClN2O/c1-3-4-5-6-12(16-15)11-8-7-10(14)9-13(11)17-2/h7-9,12,16H,5-6,15H2,1-2H3. The maximum absolute atomic E-state index is 5.92. The lowest BCUT2D eigenvalue weighted by Crippen LogP contribution is -2.28. The Hall–Kier alpha value is -1.21. The van der Waals surface area contributed by atoms with Crippen molar-refractivity contribution in [3.05, 3.63) is 28.8 Å². The Morgan fingerprint density at radius 2 is 2.29 bits per heavy atom. The number of halogens is 1. The van der Waals surface area contributed by atoms with E-state index in [1.807, 2.05) is 19.1 Å². The van der Waals surface area contributed by atoms with Crippen LogP contribution in [0.15, 0.2) is 18.2 Å². The van der Waals surface area contributed by atoms with Crippen molar-refractivity contribution < 1.29 is 4.74 Å². The highest BCUT2D eigenvalue weighted by atomic mass is 35.5. The average Bonchev–Trinajstić information content (AvgIpc) is 2.35. The summed E-state index contributed by atoms with van der Waals surface area (Å²) in [5, 5.41) is 0.648. The maximum atomic E-state index is 5.92. The molecule has 0 spiro atoms. The monoisotopic (exact) mass is 252 g/mol. The van der Waals surface area contributed by atoms with E-state index in [0.29, 0.717) is 5.02 Å². The molecule has 1 aromatic rings. The highest BCUT2D eigenvalue weighted by Crippen LogP contribution is 2.30. The van der Waals surface area contributed by atoms with Crippen LogP contribution < -0.4 is 16.0 Å². The molecular weight excluding hydrogens is 236 g/mol. The number of methoxy groups -OCH3 is 1. The van der Waals surface area contributed by atoms with Crippen LogP contribution >= 0.6 is 11.6 Å². The van der Waals surface area contributed by atoms with E-state index in [0.717, 1.165) is 24.2 Å². The Morgan fingerprint density at radius 3 is 2.88 bits per heavy atom. The van der Waals surface area contributed by atoms with Gasteiger partial charge in [-0.3, -0.25) is 11.3 Å². The third-order valence-corrected chi connectivity index (χ3v) is 2.74. The van der Waals surface area contributed by atoms with E-state index in [1.165, 1.54) is 0 Å². The molecule has 0 amide bonds. The molecule has 1 rings (SSSR count). The number of hydrogen-bond donors (Lipinski definition) is 2. The summed E-state index contributed by atoms with van der Waals surface area (Å²) < 4.78 is 5.30. The molecule has 0 saturated carbocycles. The molecule has 0 fully saturated rings. The lowest BCUT2D eigenvalue weighted by molar-refractivity contribution is 0.396. The van der Waals surface area contributed by atoms with E-state index in [2.05, 4.69) is 17.3 Å². The molecule has 0 aromatic heterocycles. The van der Waals surface area contributed by atoms with Crippen LogP contribution in [0.25, 0.3) is 0 Å². The van der Waals surface area contributed by atoms with Crippen LogP contribution in [0.1, 0.15) is 31.4 Å². The summed E-state index contributed by atoms with van der Waals surface area (Å²) in [7, 11) is 1.62. The normalized spacial score (nSPS) is 11.5. The minimum absolute atomic E-state index is 0.0167. The topological polar surface area (TPSA) is 47.3 Å².